The first kappa shape index (κ1) is 31.2. The molecule has 0 radical (unpaired) electrons. The summed E-state index contributed by atoms with van der Waals surface area (Å²) in [6.07, 6.45) is 1.65. The Labute approximate surface area is 269 Å². The lowest BCUT2D eigenvalue weighted by molar-refractivity contribution is -0.114. The fourth-order valence-electron chi connectivity index (χ4n) is 4.32. The number of rotatable bonds is 11. The number of hydrogen-bond acceptors (Lipinski definition) is 7. The molecule has 0 spiro atoms. The summed E-state index contributed by atoms with van der Waals surface area (Å²) in [6, 6.07) is 31.1. The minimum atomic E-state index is -0.462. The third-order valence-electron chi connectivity index (χ3n) is 6.50. The van der Waals surface area contributed by atoms with Gasteiger partial charge in [0.05, 0.1) is 18.6 Å². The Balaban J connectivity index is 1.19. The highest BCUT2D eigenvalue weighted by atomic mass is 32.2. The first-order valence-electron chi connectivity index (χ1n) is 14.0. The Bertz CT molecular complexity index is 1840. The van der Waals surface area contributed by atoms with Gasteiger partial charge in [-0.15, -0.1) is 23.1 Å². The van der Waals surface area contributed by atoms with Crippen molar-refractivity contribution in [1.29, 1.82) is 0 Å². The quantitative estimate of drug-likeness (QED) is 0.104. The van der Waals surface area contributed by atoms with Gasteiger partial charge in [-0.25, -0.2) is 4.98 Å². The van der Waals surface area contributed by atoms with Crippen molar-refractivity contribution in [3.8, 4) is 17.0 Å². The molecule has 45 heavy (non-hydrogen) atoms. The second-order valence-electron chi connectivity index (χ2n) is 9.85. The fraction of sp³-hybridized carbons (Fsp3) is 0.0857. The maximum absolute atomic E-state index is 13.3. The predicted octanol–water partition coefficient (Wildman–Crippen LogP) is 7.27. The van der Waals surface area contributed by atoms with Crippen molar-refractivity contribution in [1.82, 2.24) is 10.3 Å². The van der Waals surface area contributed by atoms with Gasteiger partial charge >= 0.3 is 0 Å². The molecular formula is C35H30N4O4S2. The number of amides is 3. The van der Waals surface area contributed by atoms with Gasteiger partial charge in [-0.2, -0.15) is 0 Å². The van der Waals surface area contributed by atoms with Crippen LogP contribution in [-0.4, -0.2) is 35.6 Å². The number of carbonyl (C=O) groups excluding carboxylic acids is 3. The van der Waals surface area contributed by atoms with Crippen LogP contribution in [-0.2, 0) is 9.59 Å². The van der Waals surface area contributed by atoms with Crippen LogP contribution >= 0.6 is 23.1 Å². The summed E-state index contributed by atoms with van der Waals surface area (Å²) in [5.41, 5.74) is 4.50. The summed E-state index contributed by atoms with van der Waals surface area (Å²) < 4.78 is 5.41. The summed E-state index contributed by atoms with van der Waals surface area (Å²) in [5, 5.41) is 10.8. The van der Waals surface area contributed by atoms with E-state index in [-0.39, 0.29) is 23.3 Å². The monoisotopic (exact) mass is 634 g/mol. The van der Waals surface area contributed by atoms with E-state index in [1.54, 1.807) is 49.6 Å². The van der Waals surface area contributed by atoms with Crippen molar-refractivity contribution in [2.24, 2.45) is 0 Å². The van der Waals surface area contributed by atoms with Crippen molar-refractivity contribution in [3.63, 3.8) is 0 Å². The zero-order chi connectivity index (χ0) is 31.6. The Hall–Kier alpha value is -5.19. The van der Waals surface area contributed by atoms with Crippen molar-refractivity contribution in [2.75, 3.05) is 23.5 Å². The van der Waals surface area contributed by atoms with Gasteiger partial charge in [0.2, 0.25) is 5.91 Å². The van der Waals surface area contributed by atoms with Crippen LogP contribution in [0.2, 0.25) is 0 Å². The molecule has 1 aromatic heterocycles. The molecule has 0 atom stereocenters. The van der Waals surface area contributed by atoms with Gasteiger partial charge in [-0.3, -0.25) is 14.4 Å². The number of thiazole rings is 1. The molecule has 0 saturated heterocycles. The van der Waals surface area contributed by atoms with Crippen molar-refractivity contribution in [2.45, 2.75) is 11.8 Å². The Morgan fingerprint density at radius 3 is 2.40 bits per heavy atom. The average Bonchev–Trinajstić information content (AvgIpc) is 3.52. The third kappa shape index (κ3) is 8.69. The molecule has 226 valence electrons. The van der Waals surface area contributed by atoms with Gasteiger partial charge in [0.15, 0.2) is 5.13 Å². The number of benzene rings is 4. The van der Waals surface area contributed by atoms with E-state index in [0.717, 1.165) is 27.3 Å². The Morgan fingerprint density at radius 2 is 1.64 bits per heavy atom. The van der Waals surface area contributed by atoms with Crippen LogP contribution in [0.15, 0.2) is 119 Å². The number of aromatic nitrogens is 1. The summed E-state index contributed by atoms with van der Waals surface area (Å²) >= 11 is 2.71. The molecule has 0 bridgehead atoms. The molecule has 4 aromatic carbocycles. The molecule has 3 amide bonds. The molecular weight excluding hydrogens is 605 g/mol. The smallest absolute Gasteiger partial charge is 0.272 e. The lowest BCUT2D eigenvalue weighted by Gasteiger charge is -2.12. The molecule has 1 heterocycles. The zero-order valence-electron chi connectivity index (χ0n) is 24.6. The molecule has 10 heteroatoms. The predicted molar refractivity (Wildman–Crippen MR) is 182 cm³/mol. The highest BCUT2D eigenvalue weighted by molar-refractivity contribution is 8.00. The maximum Gasteiger partial charge on any atom is 0.272 e. The van der Waals surface area contributed by atoms with E-state index >= 15 is 0 Å². The second-order valence-corrected chi connectivity index (χ2v) is 11.8. The van der Waals surface area contributed by atoms with Crippen molar-refractivity contribution < 1.29 is 19.1 Å². The van der Waals surface area contributed by atoms with Crippen molar-refractivity contribution in [3.05, 3.63) is 131 Å². The molecule has 0 saturated carbocycles. The van der Waals surface area contributed by atoms with Gasteiger partial charge in [0.25, 0.3) is 11.8 Å². The molecule has 0 aliphatic heterocycles. The molecule has 0 aliphatic rings. The molecule has 0 unspecified atom stereocenters. The highest BCUT2D eigenvalue weighted by Crippen LogP contribution is 2.32. The molecule has 5 rings (SSSR count). The van der Waals surface area contributed by atoms with E-state index in [9.17, 15) is 14.4 Å². The lowest BCUT2D eigenvalue weighted by Crippen LogP contribution is -2.30. The van der Waals surface area contributed by atoms with Gasteiger partial charge in [0, 0.05) is 27.1 Å². The largest absolute Gasteiger partial charge is 0.496 e. The number of methoxy groups -OCH3 is 1. The van der Waals surface area contributed by atoms with E-state index in [2.05, 4.69) is 20.9 Å². The number of para-hydroxylation sites is 1. The van der Waals surface area contributed by atoms with Crippen LogP contribution in [0, 0.1) is 6.92 Å². The number of nitrogens with one attached hydrogen (secondary N) is 3. The molecule has 3 N–H and O–H groups in total. The number of nitrogens with zero attached hydrogens (tertiary/aromatic N) is 1. The number of ether oxygens (including phenoxy) is 1. The Kier molecular flexibility index (Phi) is 10.4. The molecule has 5 aromatic rings. The first-order chi connectivity index (χ1) is 21.9. The number of aryl methyl sites for hydroxylation is 1. The van der Waals surface area contributed by atoms with E-state index < -0.39 is 5.91 Å². The van der Waals surface area contributed by atoms with Crippen molar-refractivity contribution >= 4 is 57.7 Å². The van der Waals surface area contributed by atoms with Gasteiger partial charge in [-0.1, -0.05) is 60.2 Å². The van der Waals surface area contributed by atoms with Crippen LogP contribution in [0.5, 0.6) is 5.75 Å². The summed E-state index contributed by atoms with van der Waals surface area (Å²) in [6.45, 7) is 1.96. The van der Waals surface area contributed by atoms with E-state index in [1.165, 1.54) is 23.1 Å². The first-order valence-corrected chi connectivity index (χ1v) is 15.8. The topological polar surface area (TPSA) is 109 Å². The molecule has 0 fully saturated rings. The SMILES string of the molecule is COc1ccccc1-c1csc(NC(=O)CSc2ccc(NC(=O)/C(=C/c3cccc(C)c3)NC(=O)c3ccccc3)cc2)n1. The van der Waals surface area contributed by atoms with Crippen LogP contribution < -0.4 is 20.7 Å². The standard InChI is InChI=1S/C35H30N4O4S2/c1-23-9-8-10-24(19-23)20-29(37-33(41)25-11-4-3-5-12-25)34(42)36-26-15-17-27(18-16-26)44-22-32(40)39-35-38-30(21-45-35)28-13-6-7-14-31(28)43-2/h3-21H,22H2,1-2H3,(H,36,42)(H,37,41)(H,38,39,40)/b29-20-. The number of anilines is 2. The lowest BCUT2D eigenvalue weighted by atomic mass is 10.1. The van der Waals surface area contributed by atoms with E-state index in [0.29, 0.717) is 22.1 Å². The summed E-state index contributed by atoms with van der Waals surface area (Å²) in [7, 11) is 1.61. The minimum Gasteiger partial charge on any atom is -0.496 e. The average molecular weight is 635 g/mol. The summed E-state index contributed by atoms with van der Waals surface area (Å²) in [4.78, 5) is 44.2. The Morgan fingerprint density at radius 1 is 0.889 bits per heavy atom. The van der Waals surface area contributed by atoms with E-state index in [4.69, 9.17) is 4.74 Å². The minimum absolute atomic E-state index is 0.112. The third-order valence-corrected chi connectivity index (χ3v) is 8.27. The summed E-state index contributed by atoms with van der Waals surface area (Å²) in [5.74, 6) is -0.130. The maximum atomic E-state index is 13.3. The fourth-order valence-corrected chi connectivity index (χ4v) is 5.74. The molecule has 0 aliphatic carbocycles. The number of carbonyl (C=O) groups is 3. The van der Waals surface area contributed by atoms with Gasteiger partial charge < -0.3 is 20.7 Å². The van der Waals surface area contributed by atoms with Crippen LogP contribution in [0.1, 0.15) is 21.5 Å². The van der Waals surface area contributed by atoms with Crippen LogP contribution in [0.4, 0.5) is 10.8 Å². The zero-order valence-corrected chi connectivity index (χ0v) is 26.2. The normalized spacial score (nSPS) is 11.0. The second kappa shape index (κ2) is 15.0. The van der Waals surface area contributed by atoms with E-state index in [1.807, 2.05) is 79.0 Å². The van der Waals surface area contributed by atoms with Gasteiger partial charge in [0.1, 0.15) is 11.4 Å². The van der Waals surface area contributed by atoms with Crippen LogP contribution in [0.3, 0.4) is 0 Å². The highest BCUT2D eigenvalue weighted by Gasteiger charge is 2.16. The number of hydrogen-bond donors (Lipinski definition) is 3. The van der Waals surface area contributed by atoms with Crippen LogP contribution in [0.25, 0.3) is 17.3 Å². The number of thioether (sulfide) groups is 1. The van der Waals surface area contributed by atoms with Gasteiger partial charge in [-0.05, 0) is 67.1 Å². The molecule has 8 nitrogen and oxygen atoms in total.